The van der Waals surface area contributed by atoms with Crippen LogP contribution in [-0.4, -0.2) is 54.0 Å². The molecule has 0 unspecified atom stereocenters. The molecule has 0 saturated carbocycles. The van der Waals surface area contributed by atoms with Gasteiger partial charge >= 0.3 is 0 Å². The number of hydrogen-bond donors (Lipinski definition) is 2. The number of nitrogens with one attached hydrogen (secondary N) is 1. The molecule has 9 nitrogen and oxygen atoms in total. The van der Waals surface area contributed by atoms with E-state index in [4.69, 9.17) is 0 Å². The number of nitrogens with zero attached hydrogens (tertiary/aromatic N) is 1. The van der Waals surface area contributed by atoms with Crippen molar-refractivity contribution in [3.05, 3.63) is 81.7 Å². The summed E-state index contributed by atoms with van der Waals surface area (Å²) in [5.41, 5.74) is 0.243. The van der Waals surface area contributed by atoms with E-state index in [0.717, 1.165) is 4.31 Å². The molecule has 2 atom stereocenters. The summed E-state index contributed by atoms with van der Waals surface area (Å²) in [6.45, 7) is 0. The minimum atomic E-state index is -4.29. The van der Waals surface area contributed by atoms with Crippen LogP contribution in [0.1, 0.15) is 0 Å². The van der Waals surface area contributed by atoms with Crippen molar-refractivity contribution < 1.29 is 30.4 Å². The number of hydrogen-bond acceptors (Lipinski definition) is 7. The zero-order valence-electron chi connectivity index (χ0n) is 18.3. The molecule has 1 saturated heterocycles. The summed E-state index contributed by atoms with van der Waals surface area (Å²) in [6.07, 6.45) is -1.43. The second-order valence-corrected chi connectivity index (χ2v) is 15.6. The van der Waals surface area contributed by atoms with Gasteiger partial charge in [0, 0.05) is 14.6 Å². The normalized spacial score (nSPS) is 19.6. The highest BCUT2D eigenvalue weighted by Crippen LogP contribution is 2.32. The first-order valence-electron chi connectivity index (χ1n) is 10.4. The Balaban J connectivity index is 1.71. The maximum atomic E-state index is 13.6. The zero-order chi connectivity index (χ0) is 26.3. The van der Waals surface area contributed by atoms with Crippen molar-refractivity contribution in [3.8, 4) is 0 Å². The van der Waals surface area contributed by atoms with Gasteiger partial charge < -0.3 is 5.11 Å². The lowest BCUT2D eigenvalue weighted by Gasteiger charge is -2.31. The van der Waals surface area contributed by atoms with Gasteiger partial charge in [-0.2, -0.15) is 0 Å². The Morgan fingerprint density at radius 3 is 1.75 bits per heavy atom. The predicted molar refractivity (Wildman–Crippen MR) is 144 cm³/mol. The summed E-state index contributed by atoms with van der Waals surface area (Å²) in [5.74, 6) is -1.11. The van der Waals surface area contributed by atoms with Gasteiger partial charge in [0.1, 0.15) is 0 Å². The van der Waals surface area contributed by atoms with Crippen molar-refractivity contribution in [1.29, 1.82) is 0 Å². The quantitative estimate of drug-likeness (QED) is 0.391. The van der Waals surface area contributed by atoms with Gasteiger partial charge in [-0.15, -0.1) is 0 Å². The van der Waals surface area contributed by atoms with Crippen molar-refractivity contribution in [1.82, 2.24) is 0 Å². The number of sulfonamides is 2. The molecule has 3 aromatic carbocycles. The van der Waals surface area contributed by atoms with Gasteiger partial charge in [-0.1, -0.05) is 31.9 Å². The lowest BCUT2D eigenvalue weighted by atomic mass is 10.2. The number of aliphatic hydroxyl groups excluding tert-OH is 1. The Labute approximate surface area is 226 Å². The molecule has 1 aliphatic heterocycles. The minimum absolute atomic E-state index is 0.0357. The van der Waals surface area contributed by atoms with E-state index < -0.39 is 53.5 Å². The number of rotatable bonds is 7. The van der Waals surface area contributed by atoms with Crippen molar-refractivity contribution >= 4 is 73.1 Å². The highest BCUT2D eigenvalue weighted by molar-refractivity contribution is 9.10. The summed E-state index contributed by atoms with van der Waals surface area (Å²) in [6, 6.07) is 16.0. The molecule has 1 aliphatic rings. The van der Waals surface area contributed by atoms with Gasteiger partial charge in [0.2, 0.25) is 0 Å². The third-order valence-corrected chi connectivity index (χ3v) is 11.5. The molecule has 0 aromatic heterocycles. The van der Waals surface area contributed by atoms with Crippen LogP contribution in [-0.2, 0) is 29.9 Å². The van der Waals surface area contributed by atoms with Crippen LogP contribution in [0.15, 0.2) is 91.5 Å². The Hall–Kier alpha value is -1.97. The van der Waals surface area contributed by atoms with E-state index in [1.165, 1.54) is 60.7 Å². The molecule has 0 radical (unpaired) electrons. The van der Waals surface area contributed by atoms with Gasteiger partial charge in [0.25, 0.3) is 20.0 Å². The monoisotopic (exact) mass is 678 g/mol. The topological polar surface area (TPSA) is 138 Å². The van der Waals surface area contributed by atoms with Crippen molar-refractivity contribution in [2.75, 3.05) is 20.5 Å². The van der Waals surface area contributed by atoms with Gasteiger partial charge in [-0.25, -0.2) is 25.3 Å². The van der Waals surface area contributed by atoms with E-state index in [9.17, 15) is 30.4 Å². The van der Waals surface area contributed by atoms with E-state index in [-0.39, 0.29) is 21.2 Å². The Morgan fingerprint density at radius 2 is 1.28 bits per heavy atom. The van der Waals surface area contributed by atoms with Crippen LogP contribution in [0.4, 0.5) is 11.4 Å². The number of sulfone groups is 1. The first kappa shape index (κ1) is 27.1. The van der Waals surface area contributed by atoms with Crippen LogP contribution in [0.25, 0.3) is 0 Å². The summed E-state index contributed by atoms with van der Waals surface area (Å²) < 4.78 is 81.7. The Bertz CT molecular complexity index is 1580. The predicted octanol–water partition coefficient (Wildman–Crippen LogP) is 3.37. The summed E-state index contributed by atoms with van der Waals surface area (Å²) >= 11 is 6.50. The number of anilines is 2. The summed E-state index contributed by atoms with van der Waals surface area (Å²) in [4.78, 5) is -0.0595. The number of aliphatic hydroxyl groups is 1. The average molecular weight is 680 g/mol. The Kier molecular flexibility index (Phi) is 7.57. The van der Waals surface area contributed by atoms with Gasteiger partial charge in [0.15, 0.2) is 9.84 Å². The highest BCUT2D eigenvalue weighted by Gasteiger charge is 2.45. The van der Waals surface area contributed by atoms with Crippen molar-refractivity contribution in [2.45, 2.75) is 21.9 Å². The molecule has 3 aromatic rings. The smallest absolute Gasteiger partial charge is 0.264 e. The molecule has 4 rings (SSSR count). The van der Waals surface area contributed by atoms with Gasteiger partial charge in [-0.05, 0) is 72.8 Å². The SMILES string of the molecule is O=S1(=O)C[C@@H](O)[C@@H](N(c2ccc(NS(=O)(=O)c3ccc(Br)cc3)cc2)S(=O)(=O)c2ccc(Br)cc2)C1. The van der Waals surface area contributed by atoms with Gasteiger partial charge in [0.05, 0.1) is 39.1 Å². The van der Waals surface area contributed by atoms with Crippen LogP contribution >= 0.6 is 31.9 Å². The van der Waals surface area contributed by atoms with Gasteiger partial charge in [-0.3, -0.25) is 9.03 Å². The Morgan fingerprint density at radius 1 is 0.778 bits per heavy atom. The summed E-state index contributed by atoms with van der Waals surface area (Å²) in [5, 5.41) is 10.5. The average Bonchev–Trinajstić information content (AvgIpc) is 3.07. The first-order valence-corrected chi connectivity index (χ1v) is 16.7. The van der Waals surface area contributed by atoms with E-state index in [0.29, 0.717) is 8.95 Å². The van der Waals surface area contributed by atoms with Crippen LogP contribution in [0.3, 0.4) is 0 Å². The van der Waals surface area contributed by atoms with E-state index in [1.54, 1.807) is 12.1 Å². The molecular weight excluding hydrogens is 660 g/mol. The van der Waals surface area contributed by atoms with E-state index in [1.807, 2.05) is 0 Å². The molecule has 36 heavy (non-hydrogen) atoms. The maximum Gasteiger partial charge on any atom is 0.264 e. The second-order valence-electron chi connectivity index (χ2n) is 8.07. The largest absolute Gasteiger partial charge is 0.390 e. The van der Waals surface area contributed by atoms with Crippen LogP contribution in [0.2, 0.25) is 0 Å². The molecule has 1 fully saturated rings. The van der Waals surface area contributed by atoms with Crippen molar-refractivity contribution in [3.63, 3.8) is 0 Å². The second kappa shape index (κ2) is 10.1. The molecule has 0 amide bonds. The molecule has 192 valence electrons. The minimum Gasteiger partial charge on any atom is -0.390 e. The molecule has 0 spiro atoms. The molecule has 0 aliphatic carbocycles. The standard InChI is InChI=1S/C22H20Br2N2O7S3/c23-15-1-9-19(10-2-15)35(30,31)25-17-5-7-18(8-6-17)26(21-13-34(28,29)14-22(21)27)36(32,33)20-11-3-16(24)4-12-20/h1-12,21-22,25,27H,13-14H2/t21-,22+/m0/s1. The third kappa shape index (κ3) is 5.78. The number of halogens is 2. The van der Waals surface area contributed by atoms with E-state index in [2.05, 4.69) is 36.6 Å². The molecule has 14 heteroatoms. The molecule has 2 N–H and O–H groups in total. The van der Waals surface area contributed by atoms with Crippen molar-refractivity contribution in [2.24, 2.45) is 0 Å². The number of benzene rings is 3. The lowest BCUT2D eigenvalue weighted by Crippen LogP contribution is -2.47. The maximum absolute atomic E-state index is 13.6. The lowest BCUT2D eigenvalue weighted by molar-refractivity contribution is 0.184. The fourth-order valence-corrected chi connectivity index (χ4v) is 8.90. The molecular formula is C22H20Br2N2O7S3. The summed E-state index contributed by atoms with van der Waals surface area (Å²) in [7, 11) is -11.9. The fraction of sp³-hybridized carbons (Fsp3) is 0.182. The highest BCUT2D eigenvalue weighted by atomic mass is 79.9. The van der Waals surface area contributed by atoms with E-state index >= 15 is 0 Å². The van der Waals surface area contributed by atoms with Crippen LogP contribution < -0.4 is 9.03 Å². The van der Waals surface area contributed by atoms with Crippen LogP contribution in [0, 0.1) is 0 Å². The van der Waals surface area contributed by atoms with Crippen LogP contribution in [0.5, 0.6) is 0 Å². The first-order chi connectivity index (χ1) is 16.8. The fourth-order valence-electron chi connectivity index (χ4n) is 3.77. The third-order valence-electron chi connectivity index (χ3n) is 5.46. The zero-order valence-corrected chi connectivity index (χ0v) is 23.9. The molecule has 0 bridgehead atoms. The molecule has 1 heterocycles.